The number of aliphatic hydroxyl groups is 1. The monoisotopic (exact) mass is 196 g/mol. The van der Waals surface area contributed by atoms with Gasteiger partial charge in [0.15, 0.2) is 6.10 Å². The molecule has 1 aromatic carbocycles. The number of carbonyl (C=O) groups excluding carboxylic acids is 1. The van der Waals surface area contributed by atoms with E-state index < -0.39 is 12.0 Å². The van der Waals surface area contributed by atoms with E-state index in [0.29, 0.717) is 16.3 Å². The summed E-state index contributed by atoms with van der Waals surface area (Å²) < 4.78 is 0. The van der Waals surface area contributed by atoms with E-state index in [9.17, 15) is 9.90 Å². The van der Waals surface area contributed by atoms with Crippen LogP contribution in [0.1, 0.15) is 11.7 Å². The average molecular weight is 196 g/mol. The highest BCUT2D eigenvalue weighted by Gasteiger charge is 2.21. The van der Waals surface area contributed by atoms with Crippen LogP contribution in [0.25, 0.3) is 0 Å². The topological polar surface area (TPSA) is 86.8 Å². The average Bonchev–Trinajstić information content (AvgIpc) is 2.16. The van der Waals surface area contributed by atoms with Crippen molar-refractivity contribution in [2.45, 2.75) is 6.10 Å². The number of nitrogen functional groups attached to an aromatic ring is 1. The minimum atomic E-state index is -1.42. The van der Waals surface area contributed by atoms with Crippen molar-refractivity contribution in [1.82, 2.24) is 5.06 Å². The molecule has 0 unspecified atom stereocenters. The zero-order chi connectivity index (χ0) is 10.7. The molecule has 0 radical (unpaired) electrons. The van der Waals surface area contributed by atoms with E-state index in [4.69, 9.17) is 10.9 Å². The van der Waals surface area contributed by atoms with Gasteiger partial charge in [-0.3, -0.25) is 10.0 Å². The molecule has 1 atom stereocenters. The van der Waals surface area contributed by atoms with Crippen molar-refractivity contribution >= 4 is 11.6 Å². The van der Waals surface area contributed by atoms with E-state index in [1.165, 1.54) is 6.07 Å². The van der Waals surface area contributed by atoms with Gasteiger partial charge < -0.3 is 10.8 Å². The van der Waals surface area contributed by atoms with Crippen LogP contribution in [0.2, 0.25) is 0 Å². The van der Waals surface area contributed by atoms with Gasteiger partial charge in [-0.05, 0) is 6.07 Å². The number of likely N-dealkylation sites (N-methyl/N-ethyl adjacent to an activating group) is 1. The van der Waals surface area contributed by atoms with Gasteiger partial charge in [-0.2, -0.15) is 0 Å². The third-order valence-corrected chi connectivity index (χ3v) is 1.84. The number of nitrogens with zero attached hydrogens (tertiary/aromatic N) is 1. The molecule has 1 amide bonds. The number of hydrogen-bond donors (Lipinski definition) is 3. The number of hydrogen-bond acceptors (Lipinski definition) is 4. The highest BCUT2D eigenvalue weighted by molar-refractivity contribution is 5.82. The summed E-state index contributed by atoms with van der Waals surface area (Å²) in [6.07, 6.45) is -1.42. The lowest BCUT2D eigenvalue weighted by molar-refractivity contribution is -0.169. The maximum absolute atomic E-state index is 11.2. The minimum absolute atomic E-state index is 0.290. The van der Waals surface area contributed by atoms with Crippen LogP contribution >= 0.6 is 0 Å². The molecule has 1 aromatic rings. The van der Waals surface area contributed by atoms with Crippen LogP contribution in [-0.2, 0) is 4.79 Å². The standard InChI is InChI=1S/C9H12N2O3/c1-11(14)9(13)8(12)6-4-2-3-5-7(6)10/h2-5,8,12,14H,10H2,1H3/t8-/m1/s1. The van der Waals surface area contributed by atoms with Gasteiger partial charge in [0.05, 0.1) is 0 Å². The Morgan fingerprint density at radius 1 is 1.50 bits per heavy atom. The number of amides is 1. The Balaban J connectivity index is 2.95. The second-order valence-electron chi connectivity index (χ2n) is 2.89. The van der Waals surface area contributed by atoms with Crippen LogP contribution in [0, 0.1) is 0 Å². The quantitative estimate of drug-likeness (QED) is 0.357. The Bertz CT molecular complexity index is 339. The number of benzene rings is 1. The molecule has 5 heteroatoms. The fourth-order valence-corrected chi connectivity index (χ4v) is 1.07. The fraction of sp³-hybridized carbons (Fsp3) is 0.222. The van der Waals surface area contributed by atoms with Crippen molar-refractivity contribution in [2.24, 2.45) is 0 Å². The summed E-state index contributed by atoms with van der Waals surface area (Å²) in [6, 6.07) is 6.45. The number of para-hydroxylation sites is 1. The van der Waals surface area contributed by atoms with Crippen molar-refractivity contribution in [2.75, 3.05) is 12.8 Å². The largest absolute Gasteiger partial charge is 0.398 e. The van der Waals surface area contributed by atoms with Gasteiger partial charge in [0, 0.05) is 18.3 Å². The molecule has 0 fully saturated rings. The van der Waals surface area contributed by atoms with Crippen molar-refractivity contribution in [1.29, 1.82) is 0 Å². The van der Waals surface area contributed by atoms with Gasteiger partial charge in [-0.1, -0.05) is 18.2 Å². The Morgan fingerprint density at radius 3 is 2.57 bits per heavy atom. The van der Waals surface area contributed by atoms with Gasteiger partial charge in [-0.25, -0.2) is 5.06 Å². The van der Waals surface area contributed by atoms with Crippen LogP contribution in [-0.4, -0.2) is 28.3 Å². The molecule has 76 valence electrons. The highest BCUT2D eigenvalue weighted by atomic mass is 16.5. The molecule has 1 rings (SSSR count). The third-order valence-electron chi connectivity index (χ3n) is 1.84. The number of carbonyl (C=O) groups is 1. The summed E-state index contributed by atoms with van der Waals surface area (Å²) in [4.78, 5) is 11.2. The summed E-state index contributed by atoms with van der Waals surface area (Å²) in [5.74, 6) is -0.817. The van der Waals surface area contributed by atoms with Crippen LogP contribution in [0.3, 0.4) is 0 Å². The van der Waals surface area contributed by atoms with Crippen molar-refractivity contribution < 1.29 is 15.1 Å². The van der Waals surface area contributed by atoms with Gasteiger partial charge in [0.25, 0.3) is 5.91 Å². The number of anilines is 1. The van der Waals surface area contributed by atoms with Gasteiger partial charge in [0.1, 0.15) is 0 Å². The second-order valence-corrected chi connectivity index (χ2v) is 2.89. The van der Waals surface area contributed by atoms with E-state index in [2.05, 4.69) is 0 Å². The molecule has 14 heavy (non-hydrogen) atoms. The first kappa shape index (κ1) is 10.5. The number of aliphatic hydroxyl groups excluding tert-OH is 1. The molecule has 0 aliphatic carbocycles. The Morgan fingerprint density at radius 2 is 2.07 bits per heavy atom. The fourth-order valence-electron chi connectivity index (χ4n) is 1.07. The van der Waals surface area contributed by atoms with Crippen molar-refractivity contribution in [3.63, 3.8) is 0 Å². The molecule has 0 bridgehead atoms. The van der Waals surface area contributed by atoms with E-state index in [0.717, 1.165) is 7.05 Å². The summed E-state index contributed by atoms with van der Waals surface area (Å²) in [6.45, 7) is 0. The van der Waals surface area contributed by atoms with Gasteiger partial charge in [-0.15, -0.1) is 0 Å². The lowest BCUT2D eigenvalue weighted by atomic mass is 10.1. The number of hydroxylamine groups is 2. The number of rotatable bonds is 2. The highest BCUT2D eigenvalue weighted by Crippen LogP contribution is 2.20. The third kappa shape index (κ3) is 2.01. The summed E-state index contributed by atoms with van der Waals surface area (Å²) >= 11 is 0. The van der Waals surface area contributed by atoms with Crippen LogP contribution in [0.5, 0.6) is 0 Å². The molecule has 0 aliphatic rings. The van der Waals surface area contributed by atoms with Crippen LogP contribution in [0.4, 0.5) is 5.69 Å². The SMILES string of the molecule is CN(O)C(=O)[C@H](O)c1ccccc1N. The van der Waals surface area contributed by atoms with E-state index in [-0.39, 0.29) is 0 Å². The van der Waals surface area contributed by atoms with E-state index >= 15 is 0 Å². The number of nitrogens with two attached hydrogens (primary N) is 1. The van der Waals surface area contributed by atoms with E-state index in [1.54, 1.807) is 18.2 Å². The molecule has 0 saturated heterocycles. The maximum Gasteiger partial charge on any atom is 0.279 e. The molecule has 0 heterocycles. The minimum Gasteiger partial charge on any atom is -0.398 e. The van der Waals surface area contributed by atoms with E-state index in [1.807, 2.05) is 0 Å². The Kier molecular flexibility index (Phi) is 3.06. The predicted octanol–water partition coefficient (Wildman–Crippen LogP) is 0.150. The first-order valence-corrected chi connectivity index (χ1v) is 4.03. The lowest BCUT2D eigenvalue weighted by Crippen LogP contribution is -2.29. The molecule has 4 N–H and O–H groups in total. The summed E-state index contributed by atoms with van der Waals surface area (Å²) in [7, 11) is 1.14. The Labute approximate surface area is 81.3 Å². The lowest BCUT2D eigenvalue weighted by Gasteiger charge is -2.15. The zero-order valence-electron chi connectivity index (χ0n) is 7.71. The van der Waals surface area contributed by atoms with Crippen molar-refractivity contribution in [3.8, 4) is 0 Å². The van der Waals surface area contributed by atoms with Crippen LogP contribution < -0.4 is 5.73 Å². The first-order valence-electron chi connectivity index (χ1n) is 4.03. The van der Waals surface area contributed by atoms with Gasteiger partial charge in [0.2, 0.25) is 0 Å². The summed E-state index contributed by atoms with van der Waals surface area (Å²) in [5.41, 5.74) is 6.15. The maximum atomic E-state index is 11.2. The molecule has 0 saturated carbocycles. The molecule has 0 spiro atoms. The first-order chi connectivity index (χ1) is 6.54. The Hall–Kier alpha value is -1.59. The van der Waals surface area contributed by atoms with Crippen LogP contribution in [0.15, 0.2) is 24.3 Å². The zero-order valence-corrected chi connectivity index (χ0v) is 7.71. The summed E-state index contributed by atoms with van der Waals surface area (Å²) in [5, 5.41) is 18.7. The molecule has 0 aliphatic heterocycles. The van der Waals surface area contributed by atoms with Crippen molar-refractivity contribution in [3.05, 3.63) is 29.8 Å². The smallest absolute Gasteiger partial charge is 0.279 e. The molecule has 0 aromatic heterocycles. The normalized spacial score (nSPS) is 12.2. The molecule has 5 nitrogen and oxygen atoms in total. The second kappa shape index (κ2) is 4.08. The molecular formula is C9H12N2O3. The van der Waals surface area contributed by atoms with Gasteiger partial charge >= 0.3 is 0 Å². The molecular weight excluding hydrogens is 184 g/mol. The predicted molar refractivity (Wildman–Crippen MR) is 50.4 cm³/mol.